The lowest BCUT2D eigenvalue weighted by Gasteiger charge is -2.44. The van der Waals surface area contributed by atoms with Gasteiger partial charge in [0.1, 0.15) is 6.26 Å². The fraction of sp³-hybridized carbons (Fsp3) is 0.688. The standard InChI is InChI=1S/C16H23N3O5/c1-2-23-13(21)12-10-24-15(17-12)19-8-6-18(7-9-19)14(22)16(11-20)4-3-5-16/h10,20H,2-9,11H2,1H3. The summed E-state index contributed by atoms with van der Waals surface area (Å²) in [5.41, 5.74) is -0.401. The van der Waals surface area contributed by atoms with E-state index in [0.717, 1.165) is 19.3 Å². The predicted molar refractivity (Wildman–Crippen MR) is 84.6 cm³/mol. The highest BCUT2D eigenvalue weighted by Gasteiger charge is 2.46. The van der Waals surface area contributed by atoms with Crippen molar-refractivity contribution < 1.29 is 23.8 Å². The summed E-state index contributed by atoms with van der Waals surface area (Å²) in [6.07, 6.45) is 3.83. The molecule has 0 aromatic carbocycles. The maximum absolute atomic E-state index is 12.6. The van der Waals surface area contributed by atoms with E-state index in [1.165, 1.54) is 6.26 Å². The Morgan fingerprint density at radius 3 is 2.58 bits per heavy atom. The zero-order chi connectivity index (χ0) is 17.2. The summed E-state index contributed by atoms with van der Waals surface area (Å²) in [5.74, 6) is -0.452. The molecule has 8 heteroatoms. The van der Waals surface area contributed by atoms with Crippen LogP contribution in [0.2, 0.25) is 0 Å². The van der Waals surface area contributed by atoms with Crippen LogP contribution in [0, 0.1) is 5.41 Å². The largest absolute Gasteiger partial charge is 0.461 e. The molecule has 1 aliphatic heterocycles. The van der Waals surface area contributed by atoms with Crippen molar-refractivity contribution >= 4 is 17.9 Å². The van der Waals surface area contributed by atoms with Crippen molar-refractivity contribution in [2.45, 2.75) is 26.2 Å². The fourth-order valence-electron chi connectivity index (χ4n) is 3.19. The van der Waals surface area contributed by atoms with Crippen LogP contribution < -0.4 is 4.90 Å². The number of esters is 1. The summed E-state index contributed by atoms with van der Waals surface area (Å²) in [6.45, 7) is 4.21. The number of anilines is 1. The van der Waals surface area contributed by atoms with Gasteiger partial charge in [-0.3, -0.25) is 4.79 Å². The quantitative estimate of drug-likeness (QED) is 0.789. The molecule has 0 unspecified atom stereocenters. The molecule has 0 atom stereocenters. The molecule has 3 rings (SSSR count). The van der Waals surface area contributed by atoms with E-state index >= 15 is 0 Å². The number of hydrogen-bond acceptors (Lipinski definition) is 7. The van der Waals surface area contributed by atoms with Gasteiger partial charge in [0.2, 0.25) is 5.91 Å². The van der Waals surface area contributed by atoms with E-state index in [2.05, 4.69) is 4.98 Å². The molecule has 1 amide bonds. The van der Waals surface area contributed by atoms with Gasteiger partial charge in [-0.15, -0.1) is 0 Å². The minimum absolute atomic E-state index is 0.0514. The number of aromatic nitrogens is 1. The summed E-state index contributed by atoms with van der Waals surface area (Å²) >= 11 is 0. The zero-order valence-electron chi connectivity index (χ0n) is 13.9. The molecule has 24 heavy (non-hydrogen) atoms. The molecule has 2 aliphatic rings. The smallest absolute Gasteiger partial charge is 0.360 e. The van der Waals surface area contributed by atoms with E-state index < -0.39 is 11.4 Å². The Hall–Kier alpha value is -2.09. The van der Waals surface area contributed by atoms with Crippen LogP contribution in [0.1, 0.15) is 36.7 Å². The second-order valence-corrected chi connectivity index (χ2v) is 6.31. The maximum Gasteiger partial charge on any atom is 0.360 e. The van der Waals surface area contributed by atoms with Gasteiger partial charge in [-0.1, -0.05) is 6.42 Å². The Morgan fingerprint density at radius 1 is 1.33 bits per heavy atom. The number of nitrogens with zero attached hydrogens (tertiary/aromatic N) is 3. The van der Waals surface area contributed by atoms with E-state index in [0.29, 0.717) is 32.2 Å². The number of aliphatic hydroxyl groups excluding tert-OH is 1. The van der Waals surface area contributed by atoms with Crippen LogP contribution in [0.25, 0.3) is 0 Å². The van der Waals surface area contributed by atoms with Crippen LogP contribution in [0.5, 0.6) is 0 Å². The fourth-order valence-corrected chi connectivity index (χ4v) is 3.19. The summed E-state index contributed by atoms with van der Waals surface area (Å²) in [4.78, 5) is 32.1. The predicted octanol–water partition coefficient (Wildman–Crippen LogP) is 0.662. The molecule has 1 saturated heterocycles. The molecule has 0 radical (unpaired) electrons. The van der Waals surface area contributed by atoms with Crippen molar-refractivity contribution in [1.29, 1.82) is 0 Å². The van der Waals surface area contributed by atoms with E-state index in [1.54, 1.807) is 11.8 Å². The average Bonchev–Trinajstić information content (AvgIpc) is 3.05. The highest BCUT2D eigenvalue weighted by atomic mass is 16.5. The highest BCUT2D eigenvalue weighted by molar-refractivity contribution is 5.87. The monoisotopic (exact) mass is 337 g/mol. The van der Waals surface area contributed by atoms with Gasteiger partial charge in [0.05, 0.1) is 18.6 Å². The molecule has 8 nitrogen and oxygen atoms in total. The van der Waals surface area contributed by atoms with E-state index in [9.17, 15) is 14.7 Å². The molecule has 2 heterocycles. The molecular weight excluding hydrogens is 314 g/mol. The van der Waals surface area contributed by atoms with Crippen LogP contribution in [-0.4, -0.2) is 66.3 Å². The first kappa shape index (κ1) is 16.8. The van der Waals surface area contributed by atoms with Gasteiger partial charge >= 0.3 is 5.97 Å². The Balaban J connectivity index is 1.57. The number of rotatable bonds is 5. The lowest BCUT2D eigenvalue weighted by molar-refractivity contribution is -0.151. The van der Waals surface area contributed by atoms with Crippen LogP contribution in [-0.2, 0) is 9.53 Å². The molecule has 1 saturated carbocycles. The molecule has 132 valence electrons. The Bertz CT molecular complexity index is 597. The number of amides is 1. The first-order valence-corrected chi connectivity index (χ1v) is 8.37. The topological polar surface area (TPSA) is 96.1 Å². The van der Waals surface area contributed by atoms with Crippen molar-refractivity contribution in [1.82, 2.24) is 9.88 Å². The molecule has 1 aromatic rings. The van der Waals surface area contributed by atoms with Gasteiger partial charge in [-0.25, -0.2) is 4.79 Å². The summed E-state index contributed by atoms with van der Waals surface area (Å²) < 4.78 is 10.2. The van der Waals surface area contributed by atoms with Crippen molar-refractivity contribution in [2.24, 2.45) is 5.41 Å². The van der Waals surface area contributed by atoms with Gasteiger partial charge in [0.25, 0.3) is 6.01 Å². The first-order chi connectivity index (χ1) is 11.6. The maximum atomic E-state index is 12.6. The minimum Gasteiger partial charge on any atom is -0.461 e. The van der Waals surface area contributed by atoms with E-state index in [-0.39, 0.29) is 24.8 Å². The lowest BCUT2D eigenvalue weighted by atomic mass is 9.68. The van der Waals surface area contributed by atoms with Gasteiger partial charge in [0, 0.05) is 26.2 Å². The van der Waals surface area contributed by atoms with Crippen molar-refractivity contribution in [3.63, 3.8) is 0 Å². The summed E-state index contributed by atoms with van der Waals surface area (Å²) in [6, 6.07) is 0.366. The molecule has 1 N–H and O–H groups in total. The SMILES string of the molecule is CCOC(=O)c1coc(N2CCN(C(=O)C3(CO)CCC3)CC2)n1. The zero-order valence-corrected chi connectivity index (χ0v) is 13.9. The van der Waals surface area contributed by atoms with Crippen molar-refractivity contribution in [3.8, 4) is 0 Å². The van der Waals surface area contributed by atoms with Crippen molar-refractivity contribution in [2.75, 3.05) is 44.3 Å². The van der Waals surface area contributed by atoms with Crippen LogP contribution >= 0.6 is 0 Å². The second kappa shape index (κ2) is 6.80. The van der Waals surface area contributed by atoms with Gasteiger partial charge in [-0.05, 0) is 19.8 Å². The average molecular weight is 337 g/mol. The Morgan fingerprint density at radius 2 is 2.04 bits per heavy atom. The number of oxazole rings is 1. The third-order valence-electron chi connectivity index (χ3n) is 4.88. The summed E-state index contributed by atoms with van der Waals surface area (Å²) in [5, 5.41) is 9.54. The van der Waals surface area contributed by atoms with Crippen molar-refractivity contribution in [3.05, 3.63) is 12.0 Å². The number of carbonyl (C=O) groups excluding carboxylic acids is 2. The van der Waals surface area contributed by atoms with Gasteiger partial charge in [0.15, 0.2) is 5.69 Å². The Kier molecular flexibility index (Phi) is 4.75. The highest BCUT2D eigenvalue weighted by Crippen LogP contribution is 2.42. The van der Waals surface area contributed by atoms with E-state index in [1.807, 2.05) is 4.90 Å². The van der Waals surface area contributed by atoms with E-state index in [4.69, 9.17) is 9.15 Å². The molecule has 0 spiro atoms. The minimum atomic E-state index is -0.553. The number of piperazine rings is 1. The number of aliphatic hydroxyl groups is 1. The number of carbonyl (C=O) groups is 2. The third kappa shape index (κ3) is 2.98. The Labute approximate surface area is 140 Å². The molecule has 1 aromatic heterocycles. The molecule has 0 bridgehead atoms. The second-order valence-electron chi connectivity index (χ2n) is 6.31. The lowest BCUT2D eigenvalue weighted by Crippen LogP contribution is -2.56. The van der Waals surface area contributed by atoms with Crippen LogP contribution in [0.4, 0.5) is 6.01 Å². The molecule has 2 fully saturated rings. The molecular formula is C16H23N3O5. The summed E-state index contributed by atoms with van der Waals surface area (Å²) in [7, 11) is 0. The number of hydrogen-bond donors (Lipinski definition) is 1. The van der Waals surface area contributed by atoms with Gasteiger partial charge in [-0.2, -0.15) is 4.98 Å². The van der Waals surface area contributed by atoms with Gasteiger partial charge < -0.3 is 24.1 Å². The molecule has 1 aliphatic carbocycles. The normalized spacial score (nSPS) is 19.8. The third-order valence-corrected chi connectivity index (χ3v) is 4.88. The first-order valence-electron chi connectivity index (χ1n) is 8.37. The van der Waals surface area contributed by atoms with Crippen LogP contribution in [0.15, 0.2) is 10.7 Å². The van der Waals surface area contributed by atoms with Crippen LogP contribution in [0.3, 0.4) is 0 Å². The number of ether oxygens (including phenoxy) is 1.